The van der Waals surface area contributed by atoms with Gasteiger partial charge in [0.25, 0.3) is 0 Å². The third-order valence-corrected chi connectivity index (χ3v) is 7.36. The summed E-state index contributed by atoms with van der Waals surface area (Å²) in [7, 11) is 2.13. The van der Waals surface area contributed by atoms with Gasteiger partial charge in [-0.1, -0.05) is 42.5 Å². The maximum Gasteiger partial charge on any atom is 0.470 e. The molecule has 2 amide bonds. The van der Waals surface area contributed by atoms with Crippen molar-refractivity contribution in [3.63, 3.8) is 0 Å². The molecule has 5 rings (SSSR count). The number of hydrazone groups is 1. The van der Waals surface area contributed by atoms with Crippen LogP contribution in [0.2, 0.25) is 0 Å². The summed E-state index contributed by atoms with van der Waals surface area (Å²) in [4.78, 5) is 19.6. The molecule has 2 saturated heterocycles. The maximum atomic E-state index is 13.6. The van der Waals surface area contributed by atoms with E-state index in [2.05, 4.69) is 22.5 Å². The predicted octanol–water partition coefficient (Wildman–Crippen LogP) is 4.51. The van der Waals surface area contributed by atoms with Gasteiger partial charge >= 0.3 is 18.1 Å². The Balaban J connectivity index is 1.29. The van der Waals surface area contributed by atoms with E-state index in [9.17, 15) is 18.0 Å². The van der Waals surface area contributed by atoms with Crippen LogP contribution in [0.1, 0.15) is 30.9 Å². The smallest absolute Gasteiger partial charge is 0.441 e. The number of nitrogens with zero attached hydrogens (tertiary/aromatic N) is 4. The highest BCUT2D eigenvalue weighted by atomic mass is 19.4. The predicted molar refractivity (Wildman–Crippen MR) is 130 cm³/mol. The Kier molecular flexibility index (Phi) is 6.10. The van der Waals surface area contributed by atoms with Gasteiger partial charge in [-0.25, -0.2) is 4.79 Å². The lowest BCUT2D eigenvalue weighted by molar-refractivity contribution is -0.0888. The molecule has 0 saturated carbocycles. The quantitative estimate of drug-likeness (QED) is 0.670. The number of hydrogen-bond donors (Lipinski definition) is 1. The zero-order chi connectivity index (χ0) is 25.6. The maximum absolute atomic E-state index is 13.6. The third-order valence-electron chi connectivity index (χ3n) is 7.36. The number of benzene rings is 2. The number of likely N-dealkylation sites (tertiary alicyclic amines) is 2. The summed E-state index contributed by atoms with van der Waals surface area (Å²) in [6.07, 6.45) is -2.65. The van der Waals surface area contributed by atoms with E-state index in [-0.39, 0.29) is 6.03 Å². The van der Waals surface area contributed by atoms with Crippen LogP contribution in [0.25, 0.3) is 0 Å². The molecule has 3 aliphatic rings. The van der Waals surface area contributed by atoms with Gasteiger partial charge in [0.2, 0.25) is 5.72 Å². The van der Waals surface area contributed by atoms with Crippen molar-refractivity contribution in [2.75, 3.05) is 38.1 Å². The van der Waals surface area contributed by atoms with Crippen LogP contribution in [-0.2, 0) is 17.0 Å². The van der Waals surface area contributed by atoms with Crippen LogP contribution in [0, 0.1) is 5.41 Å². The van der Waals surface area contributed by atoms with E-state index < -0.39 is 17.8 Å². The van der Waals surface area contributed by atoms with Gasteiger partial charge in [0.15, 0.2) is 0 Å². The summed E-state index contributed by atoms with van der Waals surface area (Å²) in [5.74, 6) is -1.30. The van der Waals surface area contributed by atoms with Crippen LogP contribution >= 0.6 is 0 Å². The Hall–Kier alpha value is -3.27. The number of carbonyl (C=O) groups excluding carboxylic acids is 1. The Morgan fingerprint density at radius 3 is 2.28 bits per heavy atom. The lowest BCUT2D eigenvalue weighted by Crippen LogP contribution is -2.60. The number of urea groups is 1. The molecular weight excluding hydrogens is 471 g/mol. The topological polar surface area (TPSA) is 60.4 Å². The van der Waals surface area contributed by atoms with Crippen molar-refractivity contribution in [1.82, 2.24) is 15.2 Å². The molecule has 3 heterocycles. The minimum Gasteiger partial charge on any atom is -0.441 e. The minimum absolute atomic E-state index is 0.0382. The molecule has 1 atom stereocenters. The van der Waals surface area contributed by atoms with E-state index in [0.717, 1.165) is 50.3 Å². The first-order valence-corrected chi connectivity index (χ1v) is 12.1. The number of halogens is 3. The van der Waals surface area contributed by atoms with Crippen LogP contribution in [0.15, 0.2) is 59.7 Å². The number of nitrogens with one attached hydrogen (secondary N) is 1. The second-order valence-corrected chi connectivity index (χ2v) is 10.2. The third kappa shape index (κ3) is 4.74. The molecule has 10 heteroatoms. The molecule has 2 aromatic rings. The van der Waals surface area contributed by atoms with E-state index >= 15 is 0 Å². The molecule has 1 spiro atoms. The number of piperidine rings is 1. The van der Waals surface area contributed by atoms with Gasteiger partial charge in [0.1, 0.15) is 0 Å². The van der Waals surface area contributed by atoms with Crippen LogP contribution in [-0.4, -0.2) is 61.1 Å². The molecule has 2 fully saturated rings. The van der Waals surface area contributed by atoms with Crippen molar-refractivity contribution in [3.8, 4) is 0 Å². The molecular formula is C26H30F3N5O2. The number of hydrogen-bond acceptors (Lipinski definition) is 5. The van der Waals surface area contributed by atoms with E-state index in [4.69, 9.17) is 4.74 Å². The van der Waals surface area contributed by atoms with Crippen molar-refractivity contribution in [2.24, 2.45) is 10.5 Å². The van der Waals surface area contributed by atoms with Crippen molar-refractivity contribution in [3.05, 3.63) is 65.7 Å². The zero-order valence-corrected chi connectivity index (χ0v) is 20.4. The van der Waals surface area contributed by atoms with Gasteiger partial charge in [-0.2, -0.15) is 13.2 Å². The zero-order valence-electron chi connectivity index (χ0n) is 20.4. The fourth-order valence-corrected chi connectivity index (χ4v) is 5.39. The van der Waals surface area contributed by atoms with Gasteiger partial charge in [-0.3, -0.25) is 10.3 Å². The lowest BCUT2D eigenvalue weighted by Gasteiger charge is -2.53. The number of alkyl halides is 3. The SMILES string of the molecule is CN1CC2(CCN(C(=O)N(Cc3ccc(C4(C)NN=C(C(F)(F)F)O4)cc3)c3ccccc3)CC2)C1. The number of rotatable bonds is 4. The first-order valence-electron chi connectivity index (χ1n) is 12.1. The van der Waals surface area contributed by atoms with Crippen LogP contribution < -0.4 is 10.3 Å². The molecule has 0 bridgehead atoms. The van der Waals surface area contributed by atoms with Crippen LogP contribution in [0.5, 0.6) is 0 Å². The molecule has 192 valence electrons. The van der Waals surface area contributed by atoms with Crippen molar-refractivity contribution in [1.29, 1.82) is 0 Å². The van der Waals surface area contributed by atoms with Crippen LogP contribution in [0.3, 0.4) is 0 Å². The Labute approximate surface area is 208 Å². The average Bonchev–Trinajstić information content (AvgIpc) is 3.27. The van der Waals surface area contributed by atoms with E-state index in [1.807, 2.05) is 35.2 Å². The van der Waals surface area contributed by atoms with Crippen molar-refractivity contribution >= 4 is 17.6 Å². The molecule has 3 aliphatic heterocycles. The van der Waals surface area contributed by atoms with Gasteiger partial charge in [-0.05, 0) is 43.0 Å². The van der Waals surface area contributed by atoms with Gasteiger partial charge in [0.05, 0.1) is 6.54 Å². The van der Waals surface area contributed by atoms with E-state index in [0.29, 0.717) is 17.5 Å². The Morgan fingerprint density at radius 1 is 1.08 bits per heavy atom. The van der Waals surface area contributed by atoms with Gasteiger partial charge in [-0.15, -0.1) is 5.10 Å². The average molecular weight is 502 g/mol. The fourth-order valence-electron chi connectivity index (χ4n) is 5.39. The number of amides is 2. The van der Waals surface area contributed by atoms with Gasteiger partial charge < -0.3 is 14.5 Å². The Bertz CT molecular complexity index is 1120. The van der Waals surface area contributed by atoms with E-state index in [1.54, 1.807) is 29.2 Å². The number of anilines is 1. The molecule has 0 aliphatic carbocycles. The Morgan fingerprint density at radius 2 is 1.72 bits per heavy atom. The number of carbonyl (C=O) groups is 1. The summed E-state index contributed by atoms with van der Waals surface area (Å²) in [6, 6.07) is 16.5. The largest absolute Gasteiger partial charge is 0.470 e. The second kappa shape index (κ2) is 8.99. The van der Waals surface area contributed by atoms with Crippen LogP contribution in [0.4, 0.5) is 23.7 Å². The highest BCUT2D eigenvalue weighted by Crippen LogP contribution is 2.40. The van der Waals surface area contributed by atoms with Crippen molar-refractivity contribution in [2.45, 2.75) is 38.2 Å². The normalized spacial score (nSPS) is 23.5. The number of ether oxygens (including phenoxy) is 1. The molecule has 1 unspecified atom stereocenters. The minimum atomic E-state index is -4.66. The monoisotopic (exact) mass is 501 g/mol. The summed E-state index contributed by atoms with van der Waals surface area (Å²) in [5.41, 5.74) is 3.52. The summed E-state index contributed by atoms with van der Waals surface area (Å²) < 4.78 is 44.0. The molecule has 2 aromatic carbocycles. The second-order valence-electron chi connectivity index (χ2n) is 10.2. The molecule has 7 nitrogen and oxygen atoms in total. The number of para-hydroxylation sites is 1. The first-order chi connectivity index (χ1) is 17.1. The molecule has 0 radical (unpaired) electrons. The standard InChI is InChI=1S/C26H30F3N5O2/c1-24(31-30-22(36-24)26(27,28)29)20-10-8-19(9-11-20)16-34(21-6-4-3-5-7-21)23(35)33-14-12-25(13-15-33)17-32(2)18-25/h3-11,31H,12-18H2,1-2H3. The van der Waals surface area contributed by atoms with E-state index in [1.165, 1.54) is 6.92 Å². The molecule has 1 N–H and O–H groups in total. The summed E-state index contributed by atoms with van der Waals surface area (Å²) >= 11 is 0. The fraction of sp³-hybridized carbons (Fsp3) is 0.462. The van der Waals surface area contributed by atoms with Gasteiger partial charge in [0, 0.05) is 44.4 Å². The highest BCUT2D eigenvalue weighted by Gasteiger charge is 2.48. The summed E-state index contributed by atoms with van der Waals surface area (Å²) in [5, 5.41) is 3.30. The molecule has 0 aromatic heterocycles. The highest BCUT2D eigenvalue weighted by molar-refractivity contribution is 5.92. The lowest BCUT2D eigenvalue weighted by atomic mass is 9.72. The molecule has 36 heavy (non-hydrogen) atoms. The van der Waals surface area contributed by atoms with Crippen molar-refractivity contribution < 1.29 is 22.7 Å². The summed E-state index contributed by atoms with van der Waals surface area (Å²) in [6.45, 7) is 5.49. The first kappa shape index (κ1) is 24.4.